The van der Waals surface area contributed by atoms with Crippen molar-refractivity contribution in [3.63, 3.8) is 0 Å². The summed E-state index contributed by atoms with van der Waals surface area (Å²) in [5, 5.41) is 10.4. The zero-order chi connectivity index (χ0) is 34.7. The van der Waals surface area contributed by atoms with E-state index in [9.17, 15) is 0 Å². The quantitative estimate of drug-likeness (QED) is 0.107. The van der Waals surface area contributed by atoms with Crippen molar-refractivity contribution in [2.45, 2.75) is 119 Å². The van der Waals surface area contributed by atoms with Crippen molar-refractivity contribution in [3.05, 3.63) is 70.0 Å². The fourth-order valence-electron chi connectivity index (χ4n) is 8.79. The van der Waals surface area contributed by atoms with E-state index in [1.165, 1.54) is 113 Å². The fourth-order valence-corrected chi connectivity index (χ4v) is 15.7. The molecule has 2 aromatic heterocycles. The third-order valence-corrected chi connectivity index (χ3v) is 23.5. The maximum atomic E-state index is 5.47. The Morgan fingerprint density at radius 3 is 1.04 bits per heavy atom. The smallest absolute Gasteiger partial charge is 0.160 e. The average molecular weight is 671 g/mol. The van der Waals surface area contributed by atoms with Crippen LogP contribution in [0.5, 0.6) is 0 Å². The lowest BCUT2D eigenvalue weighted by molar-refractivity contribution is 1.10. The second-order valence-corrected chi connectivity index (χ2v) is 24.8. The summed E-state index contributed by atoms with van der Waals surface area (Å²) in [6.45, 7) is 27.6. The molecule has 6 heteroatoms. The van der Waals surface area contributed by atoms with Crippen LogP contribution in [0.4, 0.5) is 0 Å². The second-order valence-electron chi connectivity index (χ2n) is 14.4. The van der Waals surface area contributed by atoms with E-state index in [1.54, 1.807) is 0 Å². The highest BCUT2D eigenvalue weighted by Crippen LogP contribution is 2.46. The van der Waals surface area contributed by atoms with Gasteiger partial charge in [-0.15, -0.1) is 0 Å². The van der Waals surface area contributed by atoms with Gasteiger partial charge in [0.2, 0.25) is 0 Å². The van der Waals surface area contributed by atoms with Gasteiger partial charge in [-0.3, -0.25) is 0 Å². The van der Waals surface area contributed by atoms with Gasteiger partial charge in [-0.25, -0.2) is 19.9 Å². The van der Waals surface area contributed by atoms with Crippen LogP contribution >= 0.6 is 0 Å². The molecule has 48 heavy (non-hydrogen) atoms. The van der Waals surface area contributed by atoms with Gasteiger partial charge >= 0.3 is 0 Å². The summed E-state index contributed by atoms with van der Waals surface area (Å²) in [5.74, 6) is 1.77. The molecule has 0 N–H and O–H groups in total. The largest absolute Gasteiger partial charge is 0.238 e. The molecule has 6 aromatic rings. The topological polar surface area (TPSA) is 51.6 Å². The molecule has 0 saturated carbocycles. The Morgan fingerprint density at radius 2 is 0.729 bits per heavy atom. The van der Waals surface area contributed by atoms with Crippen molar-refractivity contribution in [2.24, 2.45) is 0 Å². The first-order chi connectivity index (χ1) is 22.9. The summed E-state index contributed by atoms with van der Waals surface area (Å²) in [6, 6.07) is 21.2. The summed E-state index contributed by atoms with van der Waals surface area (Å²) in [5.41, 5.74) is 9.66. The van der Waals surface area contributed by atoms with Gasteiger partial charge in [-0.2, -0.15) is 0 Å². The van der Waals surface area contributed by atoms with Crippen molar-refractivity contribution in [1.82, 2.24) is 19.9 Å². The van der Waals surface area contributed by atoms with Crippen molar-refractivity contribution in [2.75, 3.05) is 0 Å². The minimum absolute atomic E-state index is 0.885. The van der Waals surface area contributed by atoms with Crippen LogP contribution in [0.3, 0.4) is 0 Å². The maximum absolute atomic E-state index is 5.47. The van der Waals surface area contributed by atoms with E-state index in [4.69, 9.17) is 19.9 Å². The molecule has 0 aliphatic rings. The third-order valence-electron chi connectivity index (χ3n) is 12.7. The van der Waals surface area contributed by atoms with Gasteiger partial charge in [-0.1, -0.05) is 102 Å². The second kappa shape index (κ2) is 12.8. The minimum Gasteiger partial charge on any atom is -0.238 e. The zero-order valence-electron chi connectivity index (χ0n) is 31.5. The Labute approximate surface area is 290 Å². The van der Waals surface area contributed by atoms with Crippen molar-refractivity contribution in [1.29, 1.82) is 0 Å². The van der Waals surface area contributed by atoms with Gasteiger partial charge in [0.1, 0.15) is 16.1 Å². The Bertz CT molecular complexity index is 2000. The first-order valence-corrected chi connectivity index (χ1v) is 23.6. The van der Waals surface area contributed by atoms with Gasteiger partial charge < -0.3 is 0 Å². The van der Waals surface area contributed by atoms with Crippen LogP contribution < -0.4 is 10.6 Å². The van der Waals surface area contributed by atoms with Gasteiger partial charge in [0.15, 0.2) is 11.6 Å². The predicted molar refractivity (Wildman–Crippen MR) is 214 cm³/mol. The normalized spacial score (nSPS) is 12.7. The summed E-state index contributed by atoms with van der Waals surface area (Å²) >= 11 is 0. The number of benzene rings is 4. The number of nitrogens with zero attached hydrogens (tertiary/aromatic N) is 4. The maximum Gasteiger partial charge on any atom is 0.160 e. The van der Waals surface area contributed by atoms with Gasteiger partial charge in [0, 0.05) is 33.1 Å². The number of hydrogen-bond donors (Lipinski definition) is 0. The summed E-state index contributed by atoms with van der Waals surface area (Å²) in [4.78, 5) is 21.3. The number of aromatic nitrogens is 4. The Balaban J connectivity index is 1.73. The number of hydrogen-bond acceptors (Lipinski definition) is 4. The molecule has 6 rings (SSSR count). The lowest BCUT2D eigenvalue weighted by atomic mass is 9.82. The molecule has 4 nitrogen and oxygen atoms in total. The van der Waals surface area contributed by atoms with E-state index in [0.29, 0.717) is 0 Å². The SMILES string of the molecule is CC[Si](CC)(CC)c1cc(C)nc(-c2c(C)c(C)c3ccc4c(-c5nc(C)cc([Si](CC)(CC)CC)n5)c(C)c(C)c5ccc2c3c54)n1. The van der Waals surface area contributed by atoms with Crippen molar-refractivity contribution < 1.29 is 0 Å². The summed E-state index contributed by atoms with van der Waals surface area (Å²) in [6.07, 6.45) is 0. The molecular weight excluding hydrogens is 617 g/mol. The average Bonchev–Trinajstić information content (AvgIpc) is 3.08. The monoisotopic (exact) mass is 670 g/mol. The van der Waals surface area contributed by atoms with Gasteiger partial charge in [-0.05, 0) is 108 Å². The van der Waals surface area contributed by atoms with E-state index in [1.807, 2.05) is 0 Å². The van der Waals surface area contributed by atoms with Gasteiger partial charge in [0.25, 0.3) is 0 Å². The standard InChI is InChI=1S/C42H54N4Si2/c1-13-47(14-2,15-3)35-23-25(7)43-41(45-35)37-29(11)27(9)31-20-22-34-38(30(12)28(10)32-19-21-33(37)39(31)40(32)34)42-44-26(8)24-36(46-42)48(16-4,17-5)18-6/h19-24H,13-18H2,1-12H3. The molecular formula is C42H54N4Si2. The Hall–Kier alpha value is -3.49. The Kier molecular flexibility index (Phi) is 9.14. The highest BCUT2D eigenvalue weighted by molar-refractivity contribution is 6.91. The molecule has 0 aliphatic heterocycles. The molecule has 0 amide bonds. The minimum atomic E-state index is -1.70. The molecule has 0 radical (unpaired) electrons. The molecule has 0 unspecified atom stereocenters. The molecule has 2 heterocycles. The van der Waals surface area contributed by atoms with Crippen LogP contribution in [0.15, 0.2) is 36.4 Å². The van der Waals surface area contributed by atoms with Crippen molar-refractivity contribution in [3.8, 4) is 22.8 Å². The molecule has 4 aromatic carbocycles. The molecule has 0 bridgehead atoms. The van der Waals surface area contributed by atoms with Crippen LogP contribution in [-0.4, -0.2) is 36.1 Å². The lowest BCUT2D eigenvalue weighted by Gasteiger charge is -2.28. The predicted octanol–water partition coefficient (Wildman–Crippen LogP) is 10.8. The van der Waals surface area contributed by atoms with Crippen LogP contribution in [0.1, 0.15) is 75.2 Å². The fraction of sp³-hybridized carbons (Fsp3) is 0.429. The molecule has 0 fully saturated rings. The van der Waals surface area contributed by atoms with Crippen LogP contribution in [0.2, 0.25) is 36.3 Å². The van der Waals surface area contributed by atoms with E-state index in [0.717, 1.165) is 23.0 Å². The van der Waals surface area contributed by atoms with E-state index < -0.39 is 16.1 Å². The Morgan fingerprint density at radius 1 is 0.417 bits per heavy atom. The van der Waals surface area contributed by atoms with E-state index in [-0.39, 0.29) is 0 Å². The number of rotatable bonds is 10. The highest BCUT2D eigenvalue weighted by Gasteiger charge is 2.34. The lowest BCUT2D eigenvalue weighted by Crippen LogP contribution is -2.48. The van der Waals surface area contributed by atoms with Crippen LogP contribution in [-0.2, 0) is 0 Å². The van der Waals surface area contributed by atoms with Crippen LogP contribution in [0, 0.1) is 41.5 Å². The first-order valence-electron chi connectivity index (χ1n) is 18.4. The molecule has 0 spiro atoms. The number of aryl methyl sites for hydroxylation is 4. The van der Waals surface area contributed by atoms with E-state index in [2.05, 4.69) is 119 Å². The first kappa shape index (κ1) is 34.4. The highest BCUT2D eigenvalue weighted by atomic mass is 28.3. The van der Waals surface area contributed by atoms with Crippen LogP contribution in [0.25, 0.3) is 55.1 Å². The zero-order valence-corrected chi connectivity index (χ0v) is 33.5. The summed E-state index contributed by atoms with van der Waals surface area (Å²) < 4.78 is 0. The van der Waals surface area contributed by atoms with Gasteiger partial charge in [0.05, 0.1) is 0 Å². The van der Waals surface area contributed by atoms with E-state index >= 15 is 0 Å². The third kappa shape index (κ3) is 5.04. The summed E-state index contributed by atoms with van der Waals surface area (Å²) in [7, 11) is -3.41. The molecule has 250 valence electrons. The molecule has 0 aliphatic carbocycles. The van der Waals surface area contributed by atoms with Crippen molar-refractivity contribution >= 4 is 59.1 Å². The molecule has 0 saturated heterocycles. The molecule has 0 atom stereocenters.